The fraction of sp³-hybridized carbons (Fsp3) is 0.280. The molecular formula is C25H26BrNO4S. The van der Waals surface area contributed by atoms with Crippen molar-refractivity contribution in [2.45, 2.75) is 34.6 Å². The molecule has 0 aliphatic rings. The molecule has 2 aromatic carbocycles. The van der Waals surface area contributed by atoms with Crippen LogP contribution in [0, 0.1) is 27.7 Å². The van der Waals surface area contributed by atoms with Crippen LogP contribution in [-0.4, -0.2) is 25.1 Å². The Hall–Kier alpha value is -2.64. The van der Waals surface area contributed by atoms with Gasteiger partial charge in [-0.25, -0.2) is 4.79 Å². The van der Waals surface area contributed by atoms with Crippen molar-refractivity contribution in [3.05, 3.63) is 68.0 Å². The van der Waals surface area contributed by atoms with E-state index in [1.54, 1.807) is 6.92 Å². The topological polar surface area (TPSA) is 64.6 Å². The summed E-state index contributed by atoms with van der Waals surface area (Å²) in [5.74, 6) is -0.123. The number of hydrogen-bond acceptors (Lipinski definition) is 5. The molecule has 5 nitrogen and oxygen atoms in total. The lowest BCUT2D eigenvalue weighted by Gasteiger charge is -2.13. The SMILES string of the molecule is CCOC(=O)c1c(-c2ccc(C)cc2C)csc1NC(=O)COc1c(C)cc(Br)cc1C. The van der Waals surface area contributed by atoms with E-state index in [1.165, 1.54) is 11.3 Å². The largest absolute Gasteiger partial charge is 0.483 e. The maximum atomic E-state index is 12.8. The number of halogens is 1. The van der Waals surface area contributed by atoms with Gasteiger partial charge < -0.3 is 14.8 Å². The van der Waals surface area contributed by atoms with E-state index >= 15 is 0 Å². The first-order chi connectivity index (χ1) is 15.2. The first-order valence-corrected chi connectivity index (χ1v) is 11.9. The van der Waals surface area contributed by atoms with Gasteiger partial charge >= 0.3 is 5.97 Å². The minimum absolute atomic E-state index is 0.164. The number of ether oxygens (including phenoxy) is 2. The number of carbonyl (C=O) groups is 2. The third kappa shape index (κ3) is 5.40. The molecule has 0 bridgehead atoms. The molecule has 0 saturated carbocycles. The number of nitrogens with one attached hydrogen (secondary N) is 1. The van der Waals surface area contributed by atoms with Crippen molar-refractivity contribution in [3.63, 3.8) is 0 Å². The van der Waals surface area contributed by atoms with Crippen molar-refractivity contribution < 1.29 is 19.1 Å². The van der Waals surface area contributed by atoms with Crippen LogP contribution >= 0.6 is 27.3 Å². The van der Waals surface area contributed by atoms with Gasteiger partial charge in [-0.1, -0.05) is 39.7 Å². The summed E-state index contributed by atoms with van der Waals surface area (Å²) < 4.78 is 12.0. The average Bonchev–Trinajstić information content (AvgIpc) is 3.10. The highest BCUT2D eigenvalue weighted by atomic mass is 79.9. The van der Waals surface area contributed by atoms with Gasteiger partial charge in [0.05, 0.1) is 6.61 Å². The molecule has 1 N–H and O–H groups in total. The molecule has 0 spiro atoms. The van der Waals surface area contributed by atoms with E-state index in [0.717, 1.165) is 37.9 Å². The predicted molar refractivity (Wildman–Crippen MR) is 133 cm³/mol. The number of aryl methyl sites for hydroxylation is 4. The lowest BCUT2D eigenvalue weighted by atomic mass is 9.97. The quantitative estimate of drug-likeness (QED) is 0.359. The number of amides is 1. The van der Waals surface area contributed by atoms with E-state index in [0.29, 0.717) is 16.3 Å². The molecule has 0 radical (unpaired) electrons. The molecular weight excluding hydrogens is 490 g/mol. The van der Waals surface area contributed by atoms with Gasteiger partial charge in [-0.3, -0.25) is 4.79 Å². The smallest absolute Gasteiger partial charge is 0.341 e. The zero-order chi connectivity index (χ0) is 23.4. The minimum atomic E-state index is -0.459. The van der Waals surface area contributed by atoms with Gasteiger partial charge in [-0.2, -0.15) is 0 Å². The standard InChI is InChI=1S/C25H26BrNO4S/c1-6-30-25(29)22-20(19-8-7-14(2)9-15(19)3)13-32-24(22)27-21(28)12-31-23-16(4)10-18(26)11-17(23)5/h7-11,13H,6,12H2,1-5H3,(H,27,28). The van der Waals surface area contributed by atoms with Crippen LogP contribution in [0.1, 0.15) is 39.5 Å². The van der Waals surface area contributed by atoms with Gasteiger partial charge in [0.1, 0.15) is 16.3 Å². The normalized spacial score (nSPS) is 10.7. The second kappa shape index (κ2) is 10.3. The summed E-state index contributed by atoms with van der Waals surface area (Å²) in [6, 6.07) is 9.94. The molecule has 0 aliphatic carbocycles. The molecule has 0 unspecified atom stereocenters. The lowest BCUT2D eigenvalue weighted by Crippen LogP contribution is -2.21. The number of carbonyl (C=O) groups excluding carboxylic acids is 2. The summed E-state index contributed by atoms with van der Waals surface area (Å²) in [7, 11) is 0. The Kier molecular flexibility index (Phi) is 7.74. The molecule has 32 heavy (non-hydrogen) atoms. The summed E-state index contributed by atoms with van der Waals surface area (Å²) in [6.45, 7) is 9.73. The third-order valence-electron chi connectivity index (χ3n) is 4.97. The van der Waals surface area contributed by atoms with Gasteiger partial charge in [0.25, 0.3) is 5.91 Å². The van der Waals surface area contributed by atoms with Crippen LogP contribution in [0.5, 0.6) is 5.75 Å². The number of hydrogen-bond donors (Lipinski definition) is 1. The van der Waals surface area contributed by atoms with Crippen LogP contribution in [0.3, 0.4) is 0 Å². The number of benzene rings is 2. The van der Waals surface area contributed by atoms with Crippen molar-refractivity contribution in [3.8, 4) is 16.9 Å². The first kappa shape index (κ1) is 24.0. The first-order valence-electron chi connectivity index (χ1n) is 10.3. The minimum Gasteiger partial charge on any atom is -0.483 e. The number of esters is 1. The Morgan fingerprint density at radius 1 is 1.00 bits per heavy atom. The summed E-state index contributed by atoms with van der Waals surface area (Å²) in [5, 5.41) is 5.17. The predicted octanol–water partition coefficient (Wildman–Crippen LogP) is 6.61. The monoisotopic (exact) mass is 515 g/mol. The van der Waals surface area contributed by atoms with E-state index in [9.17, 15) is 9.59 Å². The highest BCUT2D eigenvalue weighted by Crippen LogP contribution is 2.38. The highest BCUT2D eigenvalue weighted by Gasteiger charge is 2.24. The zero-order valence-electron chi connectivity index (χ0n) is 18.8. The fourth-order valence-electron chi connectivity index (χ4n) is 3.60. The van der Waals surface area contributed by atoms with E-state index in [2.05, 4.69) is 27.3 Å². The summed E-state index contributed by atoms with van der Waals surface area (Å²) in [5.41, 5.74) is 6.12. The highest BCUT2D eigenvalue weighted by molar-refractivity contribution is 9.10. The fourth-order valence-corrected chi connectivity index (χ4v) is 5.25. The van der Waals surface area contributed by atoms with Crippen molar-refractivity contribution >= 4 is 44.1 Å². The molecule has 0 atom stereocenters. The Bertz CT molecular complexity index is 1150. The molecule has 3 rings (SSSR count). The molecule has 1 amide bonds. The van der Waals surface area contributed by atoms with Crippen molar-refractivity contribution in [1.82, 2.24) is 0 Å². The lowest BCUT2D eigenvalue weighted by molar-refractivity contribution is -0.118. The zero-order valence-corrected chi connectivity index (χ0v) is 21.2. The van der Waals surface area contributed by atoms with Crippen LogP contribution < -0.4 is 10.1 Å². The van der Waals surface area contributed by atoms with Gasteiger partial charge in [-0.05, 0) is 69.0 Å². The molecule has 3 aromatic rings. The molecule has 1 heterocycles. The summed E-state index contributed by atoms with van der Waals surface area (Å²) >= 11 is 4.76. The van der Waals surface area contributed by atoms with Crippen molar-refractivity contribution in [2.75, 3.05) is 18.5 Å². The Morgan fingerprint density at radius 2 is 1.69 bits per heavy atom. The van der Waals surface area contributed by atoms with Gasteiger partial charge in [0, 0.05) is 15.4 Å². The molecule has 168 valence electrons. The number of anilines is 1. The van der Waals surface area contributed by atoms with E-state index in [4.69, 9.17) is 9.47 Å². The summed E-state index contributed by atoms with van der Waals surface area (Å²) in [6.07, 6.45) is 0. The summed E-state index contributed by atoms with van der Waals surface area (Å²) in [4.78, 5) is 25.5. The van der Waals surface area contributed by atoms with Crippen LogP contribution in [0.2, 0.25) is 0 Å². The second-order valence-corrected chi connectivity index (χ2v) is 9.39. The maximum absolute atomic E-state index is 12.8. The van der Waals surface area contributed by atoms with Gasteiger partial charge in [0.2, 0.25) is 0 Å². The van der Waals surface area contributed by atoms with Gasteiger partial charge in [0.15, 0.2) is 6.61 Å². The molecule has 7 heteroatoms. The Balaban J connectivity index is 1.85. The Labute approximate surface area is 200 Å². The second-order valence-electron chi connectivity index (χ2n) is 7.60. The van der Waals surface area contributed by atoms with Gasteiger partial charge in [-0.15, -0.1) is 11.3 Å². The van der Waals surface area contributed by atoms with Crippen LogP contribution in [0.4, 0.5) is 5.00 Å². The maximum Gasteiger partial charge on any atom is 0.341 e. The molecule has 1 aromatic heterocycles. The van der Waals surface area contributed by atoms with E-state index < -0.39 is 5.97 Å². The number of thiophene rings is 1. The van der Waals surface area contributed by atoms with Crippen LogP contribution in [-0.2, 0) is 9.53 Å². The van der Waals surface area contributed by atoms with E-state index in [1.807, 2.05) is 57.3 Å². The van der Waals surface area contributed by atoms with Crippen molar-refractivity contribution in [1.29, 1.82) is 0 Å². The molecule has 0 saturated heterocycles. The molecule has 0 fully saturated rings. The van der Waals surface area contributed by atoms with Crippen LogP contribution in [0.15, 0.2) is 40.2 Å². The van der Waals surface area contributed by atoms with E-state index in [-0.39, 0.29) is 19.1 Å². The average molecular weight is 516 g/mol. The number of rotatable bonds is 7. The van der Waals surface area contributed by atoms with Crippen molar-refractivity contribution in [2.24, 2.45) is 0 Å². The molecule has 0 aliphatic heterocycles. The van der Waals surface area contributed by atoms with Crippen LogP contribution in [0.25, 0.3) is 11.1 Å². The third-order valence-corrected chi connectivity index (χ3v) is 6.32. The Morgan fingerprint density at radius 3 is 2.31 bits per heavy atom.